The van der Waals surface area contributed by atoms with E-state index in [1.807, 2.05) is 30.3 Å². The second kappa shape index (κ2) is 6.01. The highest BCUT2D eigenvalue weighted by atomic mass is 16.6. The van der Waals surface area contributed by atoms with Crippen molar-refractivity contribution in [1.82, 2.24) is 4.90 Å². The molecule has 19 heavy (non-hydrogen) atoms. The summed E-state index contributed by atoms with van der Waals surface area (Å²) in [6.07, 6.45) is -2.44. The van der Waals surface area contributed by atoms with Crippen LogP contribution < -0.4 is 5.73 Å². The Kier molecular flexibility index (Phi) is 4.36. The summed E-state index contributed by atoms with van der Waals surface area (Å²) in [6.45, 7) is 0.312. The van der Waals surface area contributed by atoms with Gasteiger partial charge in [0, 0.05) is 0 Å². The number of carbonyl (C=O) groups excluding carboxylic acids is 1. The van der Waals surface area contributed by atoms with E-state index in [0.717, 1.165) is 5.56 Å². The number of carbonyl (C=O) groups is 1. The van der Waals surface area contributed by atoms with Crippen molar-refractivity contribution in [3.05, 3.63) is 35.9 Å². The summed E-state index contributed by atoms with van der Waals surface area (Å²) in [5.41, 5.74) is 6.45. The van der Waals surface area contributed by atoms with E-state index in [2.05, 4.69) is 0 Å². The van der Waals surface area contributed by atoms with Crippen molar-refractivity contribution >= 4 is 6.09 Å². The Morgan fingerprint density at radius 2 is 1.84 bits per heavy atom. The van der Waals surface area contributed by atoms with Crippen LogP contribution >= 0.6 is 0 Å². The number of aliphatic hydroxyl groups excluding tert-OH is 2. The lowest BCUT2D eigenvalue weighted by Gasteiger charge is -2.36. The van der Waals surface area contributed by atoms with E-state index >= 15 is 0 Å². The lowest BCUT2D eigenvalue weighted by Crippen LogP contribution is -2.60. The summed E-state index contributed by atoms with van der Waals surface area (Å²) in [5.74, 6) is 0. The van der Waals surface area contributed by atoms with Gasteiger partial charge >= 0.3 is 6.09 Å². The fourth-order valence-corrected chi connectivity index (χ4v) is 1.99. The average molecular weight is 266 g/mol. The van der Waals surface area contributed by atoms with E-state index in [0.29, 0.717) is 0 Å². The van der Waals surface area contributed by atoms with Crippen LogP contribution in [0.15, 0.2) is 30.3 Å². The van der Waals surface area contributed by atoms with Gasteiger partial charge in [-0.1, -0.05) is 30.3 Å². The molecule has 1 aromatic rings. The van der Waals surface area contributed by atoms with Crippen molar-refractivity contribution in [1.29, 1.82) is 0 Å². The summed E-state index contributed by atoms with van der Waals surface area (Å²) >= 11 is 0. The molecule has 0 spiro atoms. The Morgan fingerprint density at radius 1 is 1.26 bits per heavy atom. The lowest BCUT2D eigenvalue weighted by atomic mass is 10.0. The molecule has 1 saturated heterocycles. The number of hydrogen-bond donors (Lipinski definition) is 3. The molecule has 6 nitrogen and oxygen atoms in total. The molecular weight excluding hydrogens is 248 g/mol. The number of amides is 1. The molecule has 104 valence electrons. The van der Waals surface area contributed by atoms with E-state index < -0.39 is 24.3 Å². The first kappa shape index (κ1) is 13.8. The molecule has 0 aromatic heterocycles. The third-order valence-corrected chi connectivity index (χ3v) is 3.17. The zero-order valence-corrected chi connectivity index (χ0v) is 10.5. The first-order valence-electron chi connectivity index (χ1n) is 6.15. The van der Waals surface area contributed by atoms with Gasteiger partial charge in [0.05, 0.1) is 31.3 Å². The van der Waals surface area contributed by atoms with Crippen LogP contribution in [0.25, 0.3) is 0 Å². The van der Waals surface area contributed by atoms with E-state index in [4.69, 9.17) is 10.5 Å². The number of nitrogens with two attached hydrogens (primary N) is 1. The van der Waals surface area contributed by atoms with Crippen LogP contribution in [-0.4, -0.2) is 52.5 Å². The second-order valence-corrected chi connectivity index (χ2v) is 4.66. The maximum absolute atomic E-state index is 11.8. The number of likely N-dealkylation sites (tertiary alicyclic amines) is 1. The zero-order chi connectivity index (χ0) is 13.8. The van der Waals surface area contributed by atoms with Gasteiger partial charge in [-0.3, -0.25) is 0 Å². The Morgan fingerprint density at radius 3 is 2.42 bits per heavy atom. The van der Waals surface area contributed by atoms with Gasteiger partial charge in [0.1, 0.15) is 6.61 Å². The van der Waals surface area contributed by atoms with Gasteiger partial charge in [-0.25, -0.2) is 4.79 Å². The normalized spacial score (nSPS) is 27.1. The van der Waals surface area contributed by atoms with E-state index in [-0.39, 0.29) is 19.7 Å². The van der Waals surface area contributed by atoms with Crippen molar-refractivity contribution < 1.29 is 19.7 Å². The molecule has 0 saturated carbocycles. The Hall–Kier alpha value is -1.63. The van der Waals surface area contributed by atoms with Gasteiger partial charge in [-0.2, -0.15) is 0 Å². The van der Waals surface area contributed by atoms with Crippen LogP contribution in [0, 0.1) is 0 Å². The number of rotatable bonds is 2. The Labute approximate surface area is 111 Å². The monoisotopic (exact) mass is 266 g/mol. The molecule has 0 unspecified atom stereocenters. The maximum atomic E-state index is 11.8. The average Bonchev–Trinajstić information content (AvgIpc) is 2.42. The summed E-state index contributed by atoms with van der Waals surface area (Å²) in [5, 5.41) is 19.2. The van der Waals surface area contributed by atoms with Gasteiger partial charge in [0.25, 0.3) is 0 Å². The molecule has 1 amide bonds. The van der Waals surface area contributed by atoms with Crippen LogP contribution in [0.2, 0.25) is 0 Å². The van der Waals surface area contributed by atoms with Crippen molar-refractivity contribution in [2.75, 3.05) is 13.1 Å². The third kappa shape index (κ3) is 3.44. The van der Waals surface area contributed by atoms with Gasteiger partial charge in [0.2, 0.25) is 0 Å². The minimum absolute atomic E-state index is 0.0752. The van der Waals surface area contributed by atoms with Gasteiger partial charge in [-0.15, -0.1) is 0 Å². The maximum Gasteiger partial charge on any atom is 0.410 e. The third-order valence-electron chi connectivity index (χ3n) is 3.17. The molecule has 4 N–H and O–H groups in total. The molecule has 1 aliphatic heterocycles. The molecule has 6 heteroatoms. The van der Waals surface area contributed by atoms with Crippen LogP contribution in [0.3, 0.4) is 0 Å². The molecule has 1 aromatic carbocycles. The molecule has 0 bridgehead atoms. The topological polar surface area (TPSA) is 96.0 Å². The Balaban J connectivity index is 1.87. The molecular formula is C13H18N2O4. The molecule has 1 heterocycles. The molecule has 0 radical (unpaired) electrons. The number of hydrogen-bond acceptors (Lipinski definition) is 5. The minimum atomic E-state index is -0.937. The highest BCUT2D eigenvalue weighted by molar-refractivity contribution is 5.68. The predicted octanol–water partition coefficient (Wildman–Crippen LogP) is -0.312. The van der Waals surface area contributed by atoms with Crippen molar-refractivity contribution in [3.63, 3.8) is 0 Å². The largest absolute Gasteiger partial charge is 0.445 e. The minimum Gasteiger partial charge on any atom is -0.445 e. The molecule has 3 atom stereocenters. The number of benzene rings is 1. The van der Waals surface area contributed by atoms with Crippen molar-refractivity contribution in [2.24, 2.45) is 5.73 Å². The molecule has 0 aliphatic carbocycles. The first-order chi connectivity index (χ1) is 9.08. The smallest absolute Gasteiger partial charge is 0.410 e. The summed E-state index contributed by atoms with van der Waals surface area (Å²) in [4.78, 5) is 13.1. The summed E-state index contributed by atoms with van der Waals surface area (Å²) < 4.78 is 5.12. The number of piperidine rings is 1. The Bertz CT molecular complexity index is 414. The summed E-state index contributed by atoms with van der Waals surface area (Å²) in [6, 6.07) is 8.57. The van der Waals surface area contributed by atoms with E-state index in [1.54, 1.807) is 0 Å². The molecule has 2 rings (SSSR count). The van der Waals surface area contributed by atoms with E-state index in [9.17, 15) is 15.0 Å². The fourth-order valence-electron chi connectivity index (χ4n) is 1.99. The lowest BCUT2D eigenvalue weighted by molar-refractivity contribution is -0.0264. The van der Waals surface area contributed by atoms with Crippen molar-refractivity contribution in [3.8, 4) is 0 Å². The second-order valence-electron chi connectivity index (χ2n) is 4.66. The van der Waals surface area contributed by atoms with Gasteiger partial charge in [0.15, 0.2) is 0 Å². The highest BCUT2D eigenvalue weighted by Crippen LogP contribution is 2.12. The van der Waals surface area contributed by atoms with Gasteiger partial charge < -0.3 is 25.6 Å². The zero-order valence-electron chi connectivity index (χ0n) is 10.5. The van der Waals surface area contributed by atoms with Crippen LogP contribution in [0.1, 0.15) is 5.56 Å². The highest BCUT2D eigenvalue weighted by Gasteiger charge is 2.35. The first-order valence-corrected chi connectivity index (χ1v) is 6.15. The quantitative estimate of drug-likeness (QED) is 0.682. The number of β-amino-alcohol motifs (C(OH)–C–C–N with tert-alkyl or cyclic N) is 2. The number of aliphatic hydroxyl groups is 2. The predicted molar refractivity (Wildman–Crippen MR) is 68.2 cm³/mol. The van der Waals surface area contributed by atoms with E-state index in [1.165, 1.54) is 4.90 Å². The van der Waals surface area contributed by atoms with Gasteiger partial charge in [-0.05, 0) is 5.56 Å². The van der Waals surface area contributed by atoms with Crippen molar-refractivity contribution in [2.45, 2.75) is 24.9 Å². The number of nitrogens with zero attached hydrogens (tertiary/aromatic N) is 1. The van der Waals surface area contributed by atoms with Crippen LogP contribution in [0.5, 0.6) is 0 Å². The van der Waals surface area contributed by atoms with Crippen LogP contribution in [0.4, 0.5) is 4.79 Å². The van der Waals surface area contributed by atoms with Crippen LogP contribution in [-0.2, 0) is 11.3 Å². The standard InChI is InChI=1S/C13H18N2O4/c14-12-10(16)6-15(7-11(12)17)13(18)19-8-9-4-2-1-3-5-9/h1-5,10-12,16-17H,6-8,14H2/t10-,11+,12+. The fraction of sp³-hybridized carbons (Fsp3) is 0.462. The molecule has 1 fully saturated rings. The molecule has 1 aliphatic rings. The number of ether oxygens (including phenoxy) is 1. The summed E-state index contributed by atoms with van der Waals surface area (Å²) in [7, 11) is 0. The SMILES string of the molecule is N[C@H]1[C@H](O)CN(C(=O)OCc2ccccc2)C[C@@H]1O.